The highest BCUT2D eigenvalue weighted by Gasteiger charge is 2.28. The average molecular weight is 429 g/mol. The van der Waals surface area contributed by atoms with Gasteiger partial charge < -0.3 is 15.2 Å². The third kappa shape index (κ3) is 3.57. The van der Waals surface area contributed by atoms with E-state index in [4.69, 9.17) is 15.2 Å². The summed E-state index contributed by atoms with van der Waals surface area (Å²) in [6.07, 6.45) is 0. The van der Waals surface area contributed by atoms with Crippen LogP contribution in [0, 0.1) is 0 Å². The van der Waals surface area contributed by atoms with Gasteiger partial charge in [0.2, 0.25) is 0 Å². The number of halogens is 1. The Morgan fingerprint density at radius 2 is 1.68 bits per heavy atom. The van der Waals surface area contributed by atoms with E-state index in [1.165, 1.54) is 45.5 Å². The number of sulfonamides is 1. The number of amides is 1. The van der Waals surface area contributed by atoms with Crippen LogP contribution in [0.15, 0.2) is 45.8 Å². The third-order valence-electron chi connectivity index (χ3n) is 3.59. The van der Waals surface area contributed by atoms with Crippen molar-refractivity contribution in [2.24, 2.45) is 5.73 Å². The van der Waals surface area contributed by atoms with Crippen molar-refractivity contribution in [3.8, 4) is 11.5 Å². The lowest BCUT2D eigenvalue weighted by Crippen LogP contribution is -2.29. The molecule has 2 N–H and O–H groups in total. The van der Waals surface area contributed by atoms with Crippen molar-refractivity contribution in [2.45, 2.75) is 4.90 Å². The number of carbonyl (C=O) groups excluding carboxylic acids is 1. The number of benzene rings is 2. The molecule has 0 aliphatic carbocycles. The molecular weight excluding hydrogens is 412 g/mol. The molecular formula is C16H17BrN2O5S. The van der Waals surface area contributed by atoms with Gasteiger partial charge in [0, 0.05) is 17.6 Å². The van der Waals surface area contributed by atoms with Crippen LogP contribution in [0.2, 0.25) is 0 Å². The highest BCUT2D eigenvalue weighted by atomic mass is 79.9. The molecule has 134 valence electrons. The second-order valence-electron chi connectivity index (χ2n) is 4.99. The van der Waals surface area contributed by atoms with Gasteiger partial charge in [-0.15, -0.1) is 0 Å². The van der Waals surface area contributed by atoms with E-state index in [1.807, 2.05) is 0 Å². The molecule has 1 amide bonds. The molecule has 0 radical (unpaired) electrons. The Morgan fingerprint density at radius 3 is 2.24 bits per heavy atom. The third-order valence-corrected chi connectivity index (χ3v) is 6.32. The van der Waals surface area contributed by atoms with Gasteiger partial charge in [-0.2, -0.15) is 0 Å². The highest BCUT2D eigenvalue weighted by Crippen LogP contribution is 2.37. The Labute approximate surface area is 154 Å². The van der Waals surface area contributed by atoms with Gasteiger partial charge in [0.1, 0.15) is 4.90 Å². The van der Waals surface area contributed by atoms with Crippen molar-refractivity contribution in [3.05, 3.63) is 46.4 Å². The number of hydrogen-bond acceptors (Lipinski definition) is 5. The SMILES string of the molecule is COc1cc(Br)c(S(=O)(=O)N(C)c2ccccc2C(N)=O)cc1OC. The Morgan fingerprint density at radius 1 is 1.12 bits per heavy atom. The van der Waals surface area contributed by atoms with E-state index in [0.717, 1.165) is 4.31 Å². The molecule has 0 atom stereocenters. The van der Waals surface area contributed by atoms with Crippen LogP contribution in [0.25, 0.3) is 0 Å². The Kier molecular flexibility index (Phi) is 5.58. The summed E-state index contributed by atoms with van der Waals surface area (Å²) in [5.74, 6) is -0.0709. The number of methoxy groups -OCH3 is 2. The van der Waals surface area contributed by atoms with Gasteiger partial charge in [-0.1, -0.05) is 12.1 Å². The summed E-state index contributed by atoms with van der Waals surface area (Å²) in [5.41, 5.74) is 5.62. The summed E-state index contributed by atoms with van der Waals surface area (Å²) in [5, 5.41) is 0. The van der Waals surface area contributed by atoms with Crippen LogP contribution in [-0.2, 0) is 10.0 Å². The number of anilines is 1. The summed E-state index contributed by atoms with van der Waals surface area (Å²) in [4.78, 5) is 11.6. The van der Waals surface area contributed by atoms with Crippen molar-refractivity contribution >= 4 is 37.5 Å². The minimum atomic E-state index is -3.99. The molecule has 0 aromatic heterocycles. The largest absolute Gasteiger partial charge is 0.493 e. The van der Waals surface area contributed by atoms with E-state index >= 15 is 0 Å². The Bertz CT molecular complexity index is 915. The molecule has 0 spiro atoms. The zero-order valence-electron chi connectivity index (χ0n) is 13.8. The molecule has 0 fully saturated rings. The summed E-state index contributed by atoms with van der Waals surface area (Å²) in [6.45, 7) is 0. The minimum Gasteiger partial charge on any atom is -0.493 e. The lowest BCUT2D eigenvalue weighted by molar-refractivity contribution is 0.100. The van der Waals surface area contributed by atoms with Crippen molar-refractivity contribution < 1.29 is 22.7 Å². The highest BCUT2D eigenvalue weighted by molar-refractivity contribution is 9.10. The summed E-state index contributed by atoms with van der Waals surface area (Å²) >= 11 is 3.24. The number of nitrogens with two attached hydrogens (primary N) is 1. The van der Waals surface area contributed by atoms with Gasteiger partial charge in [-0.3, -0.25) is 9.10 Å². The van der Waals surface area contributed by atoms with Gasteiger partial charge in [-0.05, 0) is 34.1 Å². The minimum absolute atomic E-state index is 0.0353. The second kappa shape index (κ2) is 7.32. The molecule has 0 bridgehead atoms. The smallest absolute Gasteiger partial charge is 0.265 e. The maximum Gasteiger partial charge on any atom is 0.265 e. The van der Waals surface area contributed by atoms with Gasteiger partial charge in [0.25, 0.3) is 15.9 Å². The van der Waals surface area contributed by atoms with Crippen molar-refractivity contribution in [1.82, 2.24) is 0 Å². The van der Waals surface area contributed by atoms with Crippen LogP contribution in [-0.4, -0.2) is 35.6 Å². The molecule has 0 saturated heterocycles. The van der Waals surface area contributed by atoms with Crippen LogP contribution >= 0.6 is 15.9 Å². The normalized spacial score (nSPS) is 11.0. The summed E-state index contributed by atoms with van der Waals surface area (Å²) in [6, 6.07) is 9.05. The van der Waals surface area contributed by atoms with Gasteiger partial charge in [0.15, 0.2) is 11.5 Å². The van der Waals surface area contributed by atoms with E-state index in [-0.39, 0.29) is 21.9 Å². The van der Waals surface area contributed by atoms with E-state index in [1.54, 1.807) is 12.1 Å². The molecule has 2 aromatic carbocycles. The molecule has 0 unspecified atom stereocenters. The van der Waals surface area contributed by atoms with Crippen LogP contribution in [0.3, 0.4) is 0 Å². The van der Waals surface area contributed by atoms with Gasteiger partial charge >= 0.3 is 0 Å². The van der Waals surface area contributed by atoms with Crippen LogP contribution in [0.1, 0.15) is 10.4 Å². The first-order chi connectivity index (χ1) is 11.7. The number of hydrogen-bond donors (Lipinski definition) is 1. The molecule has 2 rings (SSSR count). The topological polar surface area (TPSA) is 98.9 Å². The Balaban J connectivity index is 2.62. The number of ether oxygens (including phenoxy) is 2. The lowest BCUT2D eigenvalue weighted by Gasteiger charge is -2.22. The van der Waals surface area contributed by atoms with Crippen molar-refractivity contribution in [1.29, 1.82) is 0 Å². The Hall–Kier alpha value is -2.26. The summed E-state index contributed by atoms with van der Waals surface area (Å²) < 4.78 is 37.7. The maximum atomic E-state index is 13.0. The van der Waals surface area contributed by atoms with Crippen LogP contribution < -0.4 is 19.5 Å². The van der Waals surface area contributed by atoms with Crippen molar-refractivity contribution in [2.75, 3.05) is 25.6 Å². The average Bonchev–Trinajstić information content (AvgIpc) is 2.60. The number of nitrogens with zero attached hydrogens (tertiary/aromatic N) is 1. The molecule has 25 heavy (non-hydrogen) atoms. The molecule has 2 aromatic rings. The van der Waals surface area contributed by atoms with Crippen molar-refractivity contribution in [3.63, 3.8) is 0 Å². The fraction of sp³-hybridized carbons (Fsp3) is 0.188. The monoisotopic (exact) mass is 428 g/mol. The predicted molar refractivity (Wildman–Crippen MR) is 97.8 cm³/mol. The quantitative estimate of drug-likeness (QED) is 0.761. The fourth-order valence-electron chi connectivity index (χ4n) is 2.27. The number of para-hydroxylation sites is 1. The van der Waals surface area contributed by atoms with E-state index in [2.05, 4.69) is 15.9 Å². The molecule has 0 saturated carbocycles. The first-order valence-electron chi connectivity index (χ1n) is 7.03. The molecule has 9 heteroatoms. The van der Waals surface area contributed by atoms with E-state index in [9.17, 15) is 13.2 Å². The van der Waals surface area contributed by atoms with Crippen LogP contribution in [0.5, 0.6) is 11.5 Å². The lowest BCUT2D eigenvalue weighted by atomic mass is 10.2. The fourth-order valence-corrected chi connectivity index (χ4v) is 4.48. The predicted octanol–water partition coefficient (Wildman–Crippen LogP) is 2.39. The van der Waals surface area contributed by atoms with Gasteiger partial charge in [0.05, 0.1) is 25.5 Å². The van der Waals surface area contributed by atoms with Crippen LogP contribution in [0.4, 0.5) is 5.69 Å². The second-order valence-corrected chi connectivity index (χ2v) is 7.78. The molecule has 7 nitrogen and oxygen atoms in total. The standard InChI is InChI=1S/C16H17BrN2O5S/c1-19(12-7-5-4-6-10(12)16(18)20)25(21,22)15-9-14(24-3)13(23-2)8-11(15)17/h4-9H,1-3H3,(H2,18,20). The number of primary amides is 1. The molecule has 0 aliphatic rings. The molecule has 0 aliphatic heterocycles. The molecule has 0 heterocycles. The van der Waals surface area contributed by atoms with Gasteiger partial charge in [-0.25, -0.2) is 8.42 Å². The number of carbonyl (C=O) groups is 1. The maximum absolute atomic E-state index is 13.0. The first kappa shape index (κ1) is 19.1. The zero-order valence-corrected chi connectivity index (χ0v) is 16.2. The zero-order chi connectivity index (χ0) is 18.8. The number of rotatable bonds is 6. The first-order valence-corrected chi connectivity index (χ1v) is 9.26. The summed E-state index contributed by atoms with van der Waals surface area (Å²) in [7, 11) is 0.217. The van der Waals surface area contributed by atoms with E-state index < -0.39 is 15.9 Å². The van der Waals surface area contributed by atoms with E-state index in [0.29, 0.717) is 10.2 Å².